The van der Waals surface area contributed by atoms with Crippen LogP contribution in [0.25, 0.3) is 10.4 Å². The molecule has 0 atom stereocenters. The van der Waals surface area contributed by atoms with E-state index in [1.807, 2.05) is 12.1 Å². The summed E-state index contributed by atoms with van der Waals surface area (Å²) in [5.41, 5.74) is 0.176. The van der Waals surface area contributed by atoms with Crippen LogP contribution in [0.3, 0.4) is 0 Å². The molecule has 0 bridgehead atoms. The first-order chi connectivity index (χ1) is 7.47. The van der Waals surface area contributed by atoms with E-state index in [4.69, 9.17) is 0 Å². The van der Waals surface area contributed by atoms with E-state index in [-0.39, 0.29) is 0 Å². The molecule has 1 heterocycles. The molecule has 84 valence electrons. The maximum absolute atomic E-state index is 12.3. The lowest BCUT2D eigenvalue weighted by atomic mass is 10.1. The monoisotopic (exact) mass is 306 g/mol. The van der Waals surface area contributed by atoms with Crippen LogP contribution in [0, 0.1) is 0 Å². The molecule has 2 aromatic rings. The molecule has 0 aliphatic rings. The second-order valence-corrected chi connectivity index (χ2v) is 5.64. The van der Waals surface area contributed by atoms with Crippen LogP contribution in [0.15, 0.2) is 40.2 Å². The molecule has 5 heteroatoms. The molecule has 1 aromatic heterocycles. The van der Waals surface area contributed by atoms with Gasteiger partial charge in [-0.15, -0.1) is 11.3 Å². The SMILES string of the molecule is FC(F)(F)c1ccc(-c2ccc(Br)s2)cc1. The van der Waals surface area contributed by atoms with Crippen molar-refractivity contribution in [3.05, 3.63) is 45.7 Å². The van der Waals surface area contributed by atoms with E-state index in [1.54, 1.807) is 0 Å². The molecule has 0 fully saturated rings. The van der Waals surface area contributed by atoms with Crippen LogP contribution in [0.4, 0.5) is 13.2 Å². The fraction of sp³-hybridized carbons (Fsp3) is 0.0909. The van der Waals surface area contributed by atoms with Gasteiger partial charge in [-0.2, -0.15) is 13.2 Å². The van der Waals surface area contributed by atoms with Crippen molar-refractivity contribution in [2.24, 2.45) is 0 Å². The molecule has 0 amide bonds. The lowest BCUT2D eigenvalue weighted by Gasteiger charge is -2.06. The third-order valence-electron chi connectivity index (χ3n) is 2.07. The summed E-state index contributed by atoms with van der Waals surface area (Å²) in [5.74, 6) is 0. The molecule has 0 nitrogen and oxygen atoms in total. The van der Waals surface area contributed by atoms with Crippen LogP contribution in [-0.4, -0.2) is 0 Å². The van der Waals surface area contributed by atoms with Crippen LogP contribution < -0.4 is 0 Å². The molecule has 0 saturated heterocycles. The average Bonchev–Trinajstić information content (AvgIpc) is 2.64. The Morgan fingerprint density at radius 3 is 2.00 bits per heavy atom. The summed E-state index contributed by atoms with van der Waals surface area (Å²) in [5, 5.41) is 0. The van der Waals surface area contributed by atoms with Crippen molar-refractivity contribution in [3.63, 3.8) is 0 Å². The molecule has 0 aliphatic carbocycles. The smallest absolute Gasteiger partial charge is 0.166 e. The third-order valence-corrected chi connectivity index (χ3v) is 3.74. The Morgan fingerprint density at radius 2 is 1.56 bits per heavy atom. The molecule has 2 rings (SSSR count). The van der Waals surface area contributed by atoms with Crippen LogP contribution in [0.2, 0.25) is 0 Å². The zero-order valence-corrected chi connectivity index (χ0v) is 10.3. The summed E-state index contributed by atoms with van der Waals surface area (Å²) < 4.78 is 37.9. The van der Waals surface area contributed by atoms with Gasteiger partial charge in [0, 0.05) is 4.88 Å². The second-order valence-electron chi connectivity index (χ2n) is 3.18. The normalized spacial score (nSPS) is 11.8. The fourth-order valence-electron chi connectivity index (χ4n) is 1.29. The Bertz CT molecular complexity index is 485. The average molecular weight is 307 g/mol. The number of hydrogen-bond acceptors (Lipinski definition) is 1. The predicted molar refractivity (Wildman–Crippen MR) is 62.5 cm³/mol. The first-order valence-electron chi connectivity index (χ1n) is 4.40. The highest BCUT2D eigenvalue weighted by Gasteiger charge is 2.29. The zero-order valence-electron chi connectivity index (χ0n) is 7.88. The molecule has 0 N–H and O–H groups in total. The molecule has 0 unspecified atom stereocenters. The van der Waals surface area contributed by atoms with E-state index < -0.39 is 11.7 Å². The maximum Gasteiger partial charge on any atom is 0.416 e. The number of rotatable bonds is 1. The Kier molecular flexibility index (Phi) is 3.08. The molecule has 0 radical (unpaired) electrons. The van der Waals surface area contributed by atoms with Gasteiger partial charge in [0.15, 0.2) is 0 Å². The first-order valence-corrected chi connectivity index (χ1v) is 6.01. The number of alkyl halides is 3. The van der Waals surface area contributed by atoms with Gasteiger partial charge in [0.05, 0.1) is 9.35 Å². The Hall–Kier alpha value is -0.810. The minimum absolute atomic E-state index is 0.619. The summed E-state index contributed by atoms with van der Waals surface area (Å²) in [6, 6.07) is 8.92. The second kappa shape index (κ2) is 4.22. The van der Waals surface area contributed by atoms with Crippen LogP contribution in [-0.2, 0) is 6.18 Å². The topological polar surface area (TPSA) is 0 Å². The van der Waals surface area contributed by atoms with Crippen molar-refractivity contribution in [3.8, 4) is 10.4 Å². The van der Waals surface area contributed by atoms with Crippen molar-refractivity contribution < 1.29 is 13.2 Å². The summed E-state index contributed by atoms with van der Waals surface area (Å²) >= 11 is 4.80. The Balaban J connectivity index is 2.33. The van der Waals surface area contributed by atoms with Crippen molar-refractivity contribution in [1.82, 2.24) is 0 Å². The van der Waals surface area contributed by atoms with Gasteiger partial charge >= 0.3 is 6.18 Å². The predicted octanol–water partition coefficient (Wildman–Crippen LogP) is 5.20. The third kappa shape index (κ3) is 2.47. The van der Waals surface area contributed by atoms with Gasteiger partial charge in [-0.1, -0.05) is 12.1 Å². The molecule has 0 saturated carbocycles. The Morgan fingerprint density at radius 1 is 0.938 bits per heavy atom. The number of thiophene rings is 1. The lowest BCUT2D eigenvalue weighted by Crippen LogP contribution is -2.03. The number of hydrogen-bond donors (Lipinski definition) is 0. The minimum atomic E-state index is -4.27. The maximum atomic E-state index is 12.3. The van der Waals surface area contributed by atoms with Gasteiger partial charge < -0.3 is 0 Å². The fourth-order valence-corrected chi connectivity index (χ4v) is 2.68. The largest absolute Gasteiger partial charge is 0.416 e. The van der Waals surface area contributed by atoms with E-state index in [9.17, 15) is 13.2 Å². The highest BCUT2D eigenvalue weighted by molar-refractivity contribution is 9.11. The molecular formula is C11H6BrF3S. The Labute approximate surface area is 103 Å². The van der Waals surface area contributed by atoms with Crippen molar-refractivity contribution in [2.45, 2.75) is 6.18 Å². The van der Waals surface area contributed by atoms with E-state index in [1.165, 1.54) is 23.5 Å². The van der Waals surface area contributed by atoms with E-state index in [0.717, 1.165) is 26.4 Å². The van der Waals surface area contributed by atoms with Gasteiger partial charge in [-0.25, -0.2) is 0 Å². The van der Waals surface area contributed by atoms with Crippen LogP contribution in [0.5, 0.6) is 0 Å². The van der Waals surface area contributed by atoms with E-state index in [2.05, 4.69) is 15.9 Å². The van der Waals surface area contributed by atoms with Crippen LogP contribution in [0.1, 0.15) is 5.56 Å². The van der Waals surface area contributed by atoms with Gasteiger partial charge in [0.25, 0.3) is 0 Å². The molecule has 0 aliphatic heterocycles. The summed E-state index contributed by atoms with van der Waals surface area (Å²) in [4.78, 5) is 0.945. The van der Waals surface area contributed by atoms with Crippen molar-refractivity contribution in [1.29, 1.82) is 0 Å². The van der Waals surface area contributed by atoms with Crippen molar-refractivity contribution in [2.75, 3.05) is 0 Å². The van der Waals surface area contributed by atoms with Gasteiger partial charge in [0.2, 0.25) is 0 Å². The lowest BCUT2D eigenvalue weighted by molar-refractivity contribution is -0.137. The molecule has 16 heavy (non-hydrogen) atoms. The highest BCUT2D eigenvalue weighted by atomic mass is 79.9. The standard InChI is InChI=1S/C11H6BrF3S/c12-10-6-5-9(16-10)7-1-3-8(4-2-7)11(13,14)15/h1-6H. The highest BCUT2D eigenvalue weighted by Crippen LogP contribution is 2.34. The number of benzene rings is 1. The molecule has 0 spiro atoms. The summed E-state index contributed by atoms with van der Waals surface area (Å²) in [6.45, 7) is 0. The molecular weight excluding hydrogens is 301 g/mol. The molecule has 1 aromatic carbocycles. The quantitative estimate of drug-likeness (QED) is 0.679. The zero-order chi connectivity index (χ0) is 11.8. The van der Waals surface area contributed by atoms with Crippen LogP contribution >= 0.6 is 27.3 Å². The summed E-state index contributed by atoms with van der Waals surface area (Å²) in [6.07, 6.45) is -4.27. The van der Waals surface area contributed by atoms with E-state index >= 15 is 0 Å². The van der Waals surface area contributed by atoms with Gasteiger partial charge in [-0.3, -0.25) is 0 Å². The van der Waals surface area contributed by atoms with Gasteiger partial charge in [0.1, 0.15) is 0 Å². The van der Waals surface area contributed by atoms with E-state index in [0.29, 0.717) is 0 Å². The number of halogens is 4. The first kappa shape index (κ1) is 11.7. The minimum Gasteiger partial charge on any atom is -0.166 e. The van der Waals surface area contributed by atoms with Crippen molar-refractivity contribution >= 4 is 27.3 Å². The summed E-state index contributed by atoms with van der Waals surface area (Å²) in [7, 11) is 0. The van der Waals surface area contributed by atoms with Gasteiger partial charge in [-0.05, 0) is 45.8 Å².